The summed E-state index contributed by atoms with van der Waals surface area (Å²) in [7, 11) is 1.52. The van der Waals surface area contributed by atoms with Gasteiger partial charge in [0.1, 0.15) is 5.82 Å². The van der Waals surface area contributed by atoms with Crippen LogP contribution in [0.4, 0.5) is 5.82 Å². The molecule has 1 aromatic rings. The summed E-state index contributed by atoms with van der Waals surface area (Å²) in [5.74, 6) is 0.242. The van der Waals surface area contributed by atoms with E-state index in [-0.39, 0.29) is 5.82 Å². The van der Waals surface area contributed by atoms with Gasteiger partial charge in [-0.1, -0.05) is 6.92 Å². The van der Waals surface area contributed by atoms with Crippen molar-refractivity contribution >= 4 is 5.82 Å². The molecule has 5 nitrogen and oxygen atoms in total. The van der Waals surface area contributed by atoms with Gasteiger partial charge in [-0.05, 0) is 6.42 Å². The Labute approximate surface area is 68.8 Å². The van der Waals surface area contributed by atoms with E-state index in [4.69, 9.17) is 5.73 Å². The molecule has 0 spiro atoms. The minimum Gasteiger partial charge on any atom is -0.385 e. The van der Waals surface area contributed by atoms with E-state index >= 15 is 0 Å². The second kappa shape index (κ2) is 2.84. The summed E-state index contributed by atoms with van der Waals surface area (Å²) in [5, 5.41) is 0. The molecule has 0 amide bonds. The van der Waals surface area contributed by atoms with E-state index in [1.54, 1.807) is 0 Å². The molecule has 1 aromatic heterocycles. The highest BCUT2D eigenvalue weighted by Crippen LogP contribution is 2.00. The highest BCUT2D eigenvalue weighted by atomic mass is 16.2. The molecule has 0 saturated heterocycles. The van der Waals surface area contributed by atoms with Crippen molar-refractivity contribution in [2.75, 3.05) is 5.73 Å². The summed E-state index contributed by atoms with van der Waals surface area (Å²) in [4.78, 5) is 24.2. The van der Waals surface area contributed by atoms with Gasteiger partial charge in [-0.25, -0.2) is 4.79 Å². The topological polar surface area (TPSA) is 80.9 Å². The Balaban J connectivity index is 3.63. The number of H-pyrrole nitrogens is 1. The van der Waals surface area contributed by atoms with Crippen LogP contribution in [0.25, 0.3) is 0 Å². The molecule has 5 heteroatoms. The zero-order chi connectivity index (χ0) is 9.30. The monoisotopic (exact) mass is 169 g/mol. The van der Waals surface area contributed by atoms with Crippen molar-refractivity contribution in [1.82, 2.24) is 9.55 Å². The van der Waals surface area contributed by atoms with Gasteiger partial charge in [0.2, 0.25) is 0 Å². The lowest BCUT2D eigenvalue weighted by Gasteiger charge is -2.05. The van der Waals surface area contributed by atoms with E-state index in [1.165, 1.54) is 11.6 Å². The van der Waals surface area contributed by atoms with Crippen LogP contribution in [0.5, 0.6) is 0 Å². The first-order valence-corrected chi connectivity index (χ1v) is 3.65. The molecule has 0 aromatic carbocycles. The van der Waals surface area contributed by atoms with Gasteiger partial charge in [-0.2, -0.15) is 0 Å². The second-order valence-electron chi connectivity index (χ2n) is 2.54. The average molecular weight is 169 g/mol. The van der Waals surface area contributed by atoms with Crippen molar-refractivity contribution < 1.29 is 0 Å². The van der Waals surface area contributed by atoms with Crippen molar-refractivity contribution in [1.29, 1.82) is 0 Å². The fraction of sp³-hybridized carbons (Fsp3) is 0.429. The predicted molar refractivity (Wildman–Crippen MR) is 46.1 cm³/mol. The van der Waals surface area contributed by atoms with Gasteiger partial charge in [0.05, 0.1) is 5.56 Å². The van der Waals surface area contributed by atoms with Gasteiger partial charge < -0.3 is 5.73 Å². The van der Waals surface area contributed by atoms with Crippen molar-refractivity contribution in [2.24, 2.45) is 7.05 Å². The third kappa shape index (κ3) is 1.13. The van der Waals surface area contributed by atoms with Crippen LogP contribution in [0.15, 0.2) is 9.59 Å². The van der Waals surface area contributed by atoms with Crippen LogP contribution in [0.2, 0.25) is 0 Å². The number of nitrogens with one attached hydrogen (secondary N) is 1. The SMILES string of the molecule is CCc1c(N)n(C)c(=O)[nH]c1=O. The van der Waals surface area contributed by atoms with E-state index in [0.29, 0.717) is 12.0 Å². The molecule has 0 saturated carbocycles. The molecule has 0 radical (unpaired) electrons. The number of nitrogen functional groups attached to an aromatic ring is 1. The number of nitrogens with two attached hydrogens (primary N) is 1. The van der Waals surface area contributed by atoms with Crippen LogP contribution in [0.1, 0.15) is 12.5 Å². The van der Waals surface area contributed by atoms with E-state index in [9.17, 15) is 9.59 Å². The van der Waals surface area contributed by atoms with Gasteiger partial charge in [0.25, 0.3) is 5.56 Å². The minimum atomic E-state index is -0.477. The third-order valence-electron chi connectivity index (χ3n) is 1.82. The predicted octanol–water partition coefficient (Wildman–Crippen LogP) is -0.782. The molecule has 0 aliphatic carbocycles. The van der Waals surface area contributed by atoms with E-state index in [2.05, 4.69) is 4.98 Å². The number of anilines is 1. The van der Waals surface area contributed by atoms with Gasteiger partial charge in [-0.3, -0.25) is 14.3 Å². The van der Waals surface area contributed by atoms with Crippen LogP contribution in [-0.2, 0) is 13.5 Å². The quantitative estimate of drug-likeness (QED) is 0.578. The van der Waals surface area contributed by atoms with Gasteiger partial charge >= 0.3 is 5.69 Å². The molecular formula is C7H11N3O2. The number of hydrogen-bond donors (Lipinski definition) is 2. The molecule has 0 atom stereocenters. The van der Waals surface area contributed by atoms with Crippen molar-refractivity contribution in [3.63, 3.8) is 0 Å². The zero-order valence-corrected chi connectivity index (χ0v) is 7.05. The molecule has 0 fully saturated rings. The number of hydrogen-bond acceptors (Lipinski definition) is 3. The Hall–Kier alpha value is -1.52. The van der Waals surface area contributed by atoms with Crippen molar-refractivity contribution in [3.8, 4) is 0 Å². The molecule has 0 aliphatic heterocycles. The highest BCUT2D eigenvalue weighted by molar-refractivity contribution is 5.37. The Kier molecular flexibility index (Phi) is 2.03. The average Bonchev–Trinajstić information content (AvgIpc) is 2.01. The Morgan fingerprint density at radius 3 is 2.58 bits per heavy atom. The standard InChI is InChI=1S/C7H11N3O2/c1-3-4-5(8)10(2)7(12)9-6(4)11/h3,8H2,1-2H3,(H,9,11,12). The summed E-state index contributed by atoms with van der Waals surface area (Å²) >= 11 is 0. The Morgan fingerprint density at radius 1 is 1.50 bits per heavy atom. The fourth-order valence-electron chi connectivity index (χ4n) is 1.03. The fourth-order valence-corrected chi connectivity index (χ4v) is 1.03. The molecule has 1 heterocycles. The van der Waals surface area contributed by atoms with Gasteiger partial charge in [0, 0.05) is 7.05 Å². The third-order valence-corrected chi connectivity index (χ3v) is 1.82. The number of rotatable bonds is 1. The van der Waals surface area contributed by atoms with Crippen LogP contribution < -0.4 is 17.0 Å². The molecule has 12 heavy (non-hydrogen) atoms. The molecule has 0 aliphatic rings. The van der Waals surface area contributed by atoms with Crippen molar-refractivity contribution in [2.45, 2.75) is 13.3 Å². The van der Waals surface area contributed by atoms with E-state index < -0.39 is 11.2 Å². The molecule has 3 N–H and O–H groups in total. The van der Waals surface area contributed by atoms with Crippen LogP contribution in [-0.4, -0.2) is 9.55 Å². The maximum Gasteiger partial charge on any atom is 0.329 e. The number of aromatic amines is 1. The maximum atomic E-state index is 11.1. The molecular weight excluding hydrogens is 158 g/mol. The van der Waals surface area contributed by atoms with Gasteiger partial charge in [0.15, 0.2) is 0 Å². The number of nitrogens with zero attached hydrogens (tertiary/aromatic N) is 1. The lowest BCUT2D eigenvalue weighted by atomic mass is 10.2. The Morgan fingerprint density at radius 2 is 2.08 bits per heavy atom. The summed E-state index contributed by atoms with van der Waals surface area (Å²) < 4.78 is 1.22. The molecule has 66 valence electrons. The Bertz CT molecular complexity index is 402. The molecule has 0 bridgehead atoms. The minimum absolute atomic E-state index is 0.242. The van der Waals surface area contributed by atoms with Crippen LogP contribution in [0, 0.1) is 0 Å². The summed E-state index contributed by atoms with van der Waals surface area (Å²) in [6.45, 7) is 1.81. The highest BCUT2D eigenvalue weighted by Gasteiger charge is 2.06. The summed E-state index contributed by atoms with van der Waals surface area (Å²) in [6, 6.07) is 0. The van der Waals surface area contributed by atoms with Crippen LogP contribution >= 0.6 is 0 Å². The van der Waals surface area contributed by atoms with E-state index in [0.717, 1.165) is 0 Å². The first kappa shape index (κ1) is 8.58. The normalized spacial score (nSPS) is 10.2. The number of aromatic nitrogens is 2. The maximum absolute atomic E-state index is 11.1. The van der Waals surface area contributed by atoms with Gasteiger partial charge in [-0.15, -0.1) is 0 Å². The largest absolute Gasteiger partial charge is 0.385 e. The summed E-state index contributed by atoms with van der Waals surface area (Å²) in [6.07, 6.45) is 0.523. The first-order valence-electron chi connectivity index (χ1n) is 3.65. The molecule has 1 rings (SSSR count). The summed E-state index contributed by atoms with van der Waals surface area (Å²) in [5.41, 5.74) is 5.13. The van der Waals surface area contributed by atoms with Crippen molar-refractivity contribution in [3.05, 3.63) is 26.4 Å². The first-order chi connectivity index (χ1) is 5.57. The second-order valence-corrected chi connectivity index (χ2v) is 2.54. The smallest absolute Gasteiger partial charge is 0.329 e. The molecule has 0 unspecified atom stereocenters. The van der Waals surface area contributed by atoms with Crippen LogP contribution in [0.3, 0.4) is 0 Å². The lowest BCUT2D eigenvalue weighted by Crippen LogP contribution is -2.32. The lowest BCUT2D eigenvalue weighted by molar-refractivity contribution is 0.793. The zero-order valence-electron chi connectivity index (χ0n) is 7.05. The van der Waals surface area contributed by atoms with E-state index in [1.807, 2.05) is 6.92 Å².